The summed E-state index contributed by atoms with van der Waals surface area (Å²) in [6.45, 7) is 5.33. The smallest absolute Gasteiger partial charge is 0.253 e. The van der Waals surface area contributed by atoms with E-state index >= 15 is 0 Å². The molecule has 0 fully saturated rings. The molecule has 28 heavy (non-hydrogen) atoms. The molecule has 5 nitrogen and oxygen atoms in total. The lowest BCUT2D eigenvalue weighted by molar-refractivity contribution is 0.393. The van der Waals surface area contributed by atoms with Crippen LogP contribution in [0.5, 0.6) is 5.75 Å². The van der Waals surface area contributed by atoms with Crippen molar-refractivity contribution < 1.29 is 4.74 Å². The number of nitrogens with one attached hydrogen (secondary N) is 2. The highest BCUT2D eigenvalue weighted by molar-refractivity contribution is 7.80. The Bertz CT molecular complexity index is 999. The van der Waals surface area contributed by atoms with Crippen LogP contribution in [0.3, 0.4) is 0 Å². The fraction of sp³-hybridized carbons (Fsp3) is 0.333. The van der Waals surface area contributed by atoms with Gasteiger partial charge in [-0.15, -0.1) is 11.3 Å². The fourth-order valence-electron chi connectivity index (χ4n) is 2.87. The summed E-state index contributed by atoms with van der Waals surface area (Å²) in [6.07, 6.45) is 0.978. The second-order valence-corrected chi connectivity index (χ2v) is 8.19. The molecule has 0 amide bonds. The molecular weight excluding hydrogens is 390 g/mol. The van der Waals surface area contributed by atoms with Crippen LogP contribution in [0.15, 0.2) is 46.6 Å². The van der Waals surface area contributed by atoms with E-state index in [-0.39, 0.29) is 11.6 Å². The fourth-order valence-corrected chi connectivity index (χ4v) is 3.92. The Labute approximate surface area is 174 Å². The van der Waals surface area contributed by atoms with Crippen LogP contribution in [0.25, 0.3) is 10.9 Å². The van der Waals surface area contributed by atoms with Gasteiger partial charge in [-0.2, -0.15) is 0 Å². The van der Waals surface area contributed by atoms with E-state index in [1.807, 2.05) is 35.2 Å². The van der Waals surface area contributed by atoms with Gasteiger partial charge in [0.05, 0.1) is 25.7 Å². The number of H-pyrrole nitrogens is 1. The maximum absolute atomic E-state index is 12.7. The number of hydrogen-bond acceptors (Lipinski definition) is 4. The molecule has 3 rings (SSSR count). The van der Waals surface area contributed by atoms with Gasteiger partial charge in [0.2, 0.25) is 0 Å². The number of ether oxygens (including phenoxy) is 1. The summed E-state index contributed by atoms with van der Waals surface area (Å²) in [5.41, 5.74) is 1.34. The van der Waals surface area contributed by atoms with Gasteiger partial charge in [-0.05, 0) is 60.6 Å². The minimum absolute atomic E-state index is 0.108. The van der Waals surface area contributed by atoms with Crippen molar-refractivity contribution in [1.82, 2.24) is 15.2 Å². The zero-order valence-corrected chi connectivity index (χ0v) is 18.0. The van der Waals surface area contributed by atoms with Gasteiger partial charge < -0.3 is 19.9 Å². The minimum Gasteiger partial charge on any atom is -0.497 e. The van der Waals surface area contributed by atoms with Crippen molar-refractivity contribution in [3.63, 3.8) is 0 Å². The van der Waals surface area contributed by atoms with E-state index in [0.29, 0.717) is 29.5 Å². The summed E-state index contributed by atoms with van der Waals surface area (Å²) in [5, 5.41) is 7.05. The third-order valence-corrected chi connectivity index (χ3v) is 5.92. The number of aromatic nitrogens is 1. The molecule has 0 aliphatic carbocycles. The molecule has 148 valence electrons. The number of pyridine rings is 1. The van der Waals surface area contributed by atoms with Gasteiger partial charge in [0.15, 0.2) is 5.11 Å². The summed E-state index contributed by atoms with van der Waals surface area (Å²) in [6, 6.07) is 12.0. The van der Waals surface area contributed by atoms with Crippen LogP contribution in [0, 0.1) is 0 Å². The van der Waals surface area contributed by atoms with Gasteiger partial charge in [0.25, 0.3) is 5.56 Å². The number of fused-ring (bicyclic) bond motifs is 1. The minimum atomic E-state index is -0.108. The average molecular weight is 416 g/mol. The SMILES string of the molecule is CCC(C)NC(=S)N(Cc1cccs1)Cc1cc2ccc(OC)cc2[nH]c1=O. The summed E-state index contributed by atoms with van der Waals surface area (Å²) in [4.78, 5) is 18.9. The van der Waals surface area contributed by atoms with Crippen LogP contribution in [0.2, 0.25) is 0 Å². The maximum Gasteiger partial charge on any atom is 0.253 e. The molecule has 3 aromatic rings. The normalized spacial score (nSPS) is 12.0. The van der Waals surface area contributed by atoms with Crippen molar-refractivity contribution >= 4 is 39.6 Å². The molecule has 0 saturated carbocycles. The molecule has 0 saturated heterocycles. The maximum atomic E-state index is 12.7. The number of methoxy groups -OCH3 is 1. The monoisotopic (exact) mass is 415 g/mol. The predicted molar refractivity (Wildman–Crippen MR) is 120 cm³/mol. The Hall–Kier alpha value is -2.38. The number of hydrogen-bond donors (Lipinski definition) is 2. The Balaban J connectivity index is 1.89. The van der Waals surface area contributed by atoms with E-state index < -0.39 is 0 Å². The Kier molecular flexibility index (Phi) is 6.70. The van der Waals surface area contributed by atoms with Crippen molar-refractivity contribution in [2.45, 2.75) is 39.4 Å². The summed E-state index contributed by atoms with van der Waals surface area (Å²) >= 11 is 7.34. The molecule has 2 N–H and O–H groups in total. The van der Waals surface area contributed by atoms with Gasteiger partial charge in [-0.25, -0.2) is 0 Å². The largest absolute Gasteiger partial charge is 0.497 e. The Morgan fingerprint density at radius 3 is 2.82 bits per heavy atom. The lowest BCUT2D eigenvalue weighted by Gasteiger charge is -2.27. The van der Waals surface area contributed by atoms with Crippen LogP contribution in [-0.2, 0) is 13.1 Å². The molecule has 1 aromatic carbocycles. The van der Waals surface area contributed by atoms with E-state index in [1.54, 1.807) is 18.4 Å². The standard InChI is InChI=1S/C21H25N3O2S2/c1-4-14(2)22-21(27)24(13-18-6-5-9-28-18)12-16-10-15-7-8-17(26-3)11-19(15)23-20(16)25/h5-11,14H,4,12-13H2,1-3H3,(H,22,27)(H,23,25). The first-order valence-corrected chi connectivity index (χ1v) is 10.6. The number of benzene rings is 1. The second-order valence-electron chi connectivity index (χ2n) is 6.77. The highest BCUT2D eigenvalue weighted by Gasteiger charge is 2.16. The number of aromatic amines is 1. The summed E-state index contributed by atoms with van der Waals surface area (Å²) in [5.74, 6) is 0.717. The molecule has 0 aliphatic rings. The topological polar surface area (TPSA) is 57.4 Å². The van der Waals surface area contributed by atoms with E-state index in [0.717, 1.165) is 17.3 Å². The first-order chi connectivity index (χ1) is 13.5. The van der Waals surface area contributed by atoms with Crippen molar-refractivity contribution in [2.24, 2.45) is 0 Å². The predicted octanol–water partition coefficient (Wildman–Crippen LogP) is 4.27. The van der Waals surface area contributed by atoms with Crippen LogP contribution >= 0.6 is 23.6 Å². The molecular formula is C21H25N3O2S2. The van der Waals surface area contributed by atoms with Crippen molar-refractivity contribution in [2.75, 3.05) is 7.11 Å². The Morgan fingerprint density at radius 1 is 1.32 bits per heavy atom. The van der Waals surface area contributed by atoms with Gasteiger partial charge in [-0.3, -0.25) is 4.79 Å². The van der Waals surface area contributed by atoms with Gasteiger partial charge in [0, 0.05) is 22.5 Å². The zero-order valence-electron chi connectivity index (χ0n) is 16.3. The summed E-state index contributed by atoms with van der Waals surface area (Å²) < 4.78 is 5.24. The molecule has 0 bridgehead atoms. The lowest BCUT2D eigenvalue weighted by atomic mass is 10.1. The van der Waals surface area contributed by atoms with Crippen molar-refractivity contribution in [3.05, 3.63) is 62.6 Å². The third-order valence-electron chi connectivity index (χ3n) is 4.69. The molecule has 7 heteroatoms. The number of thiocarbonyl (C=S) groups is 1. The van der Waals surface area contributed by atoms with E-state index in [1.165, 1.54) is 4.88 Å². The zero-order chi connectivity index (χ0) is 20.1. The number of thiophene rings is 1. The molecule has 2 heterocycles. The second kappa shape index (κ2) is 9.21. The molecule has 0 radical (unpaired) electrons. The van der Waals surface area contributed by atoms with E-state index in [9.17, 15) is 4.79 Å². The van der Waals surface area contributed by atoms with E-state index in [2.05, 4.69) is 35.6 Å². The molecule has 1 unspecified atom stereocenters. The highest BCUT2D eigenvalue weighted by Crippen LogP contribution is 2.20. The highest BCUT2D eigenvalue weighted by atomic mass is 32.1. The third kappa shape index (κ3) is 4.91. The molecule has 0 spiro atoms. The number of rotatable bonds is 7. The van der Waals surface area contributed by atoms with Gasteiger partial charge in [0.1, 0.15) is 5.75 Å². The summed E-state index contributed by atoms with van der Waals surface area (Å²) in [7, 11) is 1.61. The van der Waals surface area contributed by atoms with Gasteiger partial charge >= 0.3 is 0 Å². The van der Waals surface area contributed by atoms with Crippen LogP contribution in [-0.4, -0.2) is 28.1 Å². The first-order valence-electron chi connectivity index (χ1n) is 9.28. The van der Waals surface area contributed by atoms with Crippen LogP contribution in [0.4, 0.5) is 0 Å². The van der Waals surface area contributed by atoms with Crippen LogP contribution < -0.4 is 15.6 Å². The van der Waals surface area contributed by atoms with E-state index in [4.69, 9.17) is 17.0 Å². The number of nitrogens with zero attached hydrogens (tertiary/aromatic N) is 1. The lowest BCUT2D eigenvalue weighted by Crippen LogP contribution is -2.43. The average Bonchev–Trinajstić information content (AvgIpc) is 3.20. The first kappa shape index (κ1) is 20.4. The molecule has 0 aliphatic heterocycles. The molecule has 2 aromatic heterocycles. The Morgan fingerprint density at radius 2 is 2.14 bits per heavy atom. The molecule has 1 atom stereocenters. The van der Waals surface area contributed by atoms with Crippen molar-refractivity contribution in [3.8, 4) is 5.75 Å². The van der Waals surface area contributed by atoms with Crippen LogP contribution in [0.1, 0.15) is 30.7 Å². The van der Waals surface area contributed by atoms with Crippen molar-refractivity contribution in [1.29, 1.82) is 0 Å². The van der Waals surface area contributed by atoms with Gasteiger partial charge in [-0.1, -0.05) is 13.0 Å². The quantitative estimate of drug-likeness (QED) is 0.564.